The largest absolute Gasteiger partial charge is 0.358 e. The normalized spacial score (nSPS) is 13.7. The van der Waals surface area contributed by atoms with Crippen molar-refractivity contribution in [3.05, 3.63) is 71.2 Å². The van der Waals surface area contributed by atoms with E-state index in [0.29, 0.717) is 37.0 Å². The molecule has 6 nitrogen and oxygen atoms in total. The first-order chi connectivity index (χ1) is 15.1. The number of nitrogens with one attached hydrogen (secondary N) is 1. The Morgan fingerprint density at radius 1 is 1.16 bits per heavy atom. The number of hydrogen-bond acceptors (Lipinski definition) is 4. The van der Waals surface area contributed by atoms with Crippen LogP contribution >= 0.6 is 0 Å². The second-order valence-corrected chi connectivity index (χ2v) is 8.48. The zero-order chi connectivity index (χ0) is 21.4. The Labute approximate surface area is 181 Å². The van der Waals surface area contributed by atoms with Gasteiger partial charge in [-0.3, -0.25) is 4.79 Å². The Balaban J connectivity index is 1.22. The van der Waals surface area contributed by atoms with Gasteiger partial charge in [-0.25, -0.2) is 0 Å². The fourth-order valence-electron chi connectivity index (χ4n) is 4.24. The molecule has 158 valence electrons. The standard InChI is InChI=1S/C25H26N4O2/c1-16(2)17-7-9-18(10-8-17)25-27-23(31-28-25)11-12-24(30)29-14-13-22-20(15-29)19-5-3-4-6-21(19)26-22/h3-10,16,26H,11-15H2,1-2H3. The summed E-state index contributed by atoms with van der Waals surface area (Å²) in [6, 6.07) is 16.5. The lowest BCUT2D eigenvalue weighted by atomic mass is 10.0. The minimum atomic E-state index is 0.122. The highest BCUT2D eigenvalue weighted by atomic mass is 16.5. The Morgan fingerprint density at radius 2 is 1.97 bits per heavy atom. The number of nitrogens with zero attached hydrogens (tertiary/aromatic N) is 3. The molecule has 2 aromatic heterocycles. The van der Waals surface area contributed by atoms with E-state index < -0.39 is 0 Å². The number of amides is 1. The monoisotopic (exact) mass is 414 g/mol. The number of aromatic amines is 1. The number of H-pyrrole nitrogens is 1. The number of hydrogen-bond donors (Lipinski definition) is 1. The van der Waals surface area contributed by atoms with Crippen LogP contribution in [-0.2, 0) is 24.2 Å². The molecule has 1 N–H and O–H groups in total. The Morgan fingerprint density at radius 3 is 2.77 bits per heavy atom. The van der Waals surface area contributed by atoms with Gasteiger partial charge >= 0.3 is 0 Å². The van der Waals surface area contributed by atoms with Crippen LogP contribution in [0.3, 0.4) is 0 Å². The number of aromatic nitrogens is 3. The molecule has 2 aromatic carbocycles. The molecule has 0 fully saturated rings. The predicted octanol–water partition coefficient (Wildman–Crippen LogP) is 4.86. The van der Waals surface area contributed by atoms with Crippen LogP contribution in [0.5, 0.6) is 0 Å². The van der Waals surface area contributed by atoms with E-state index >= 15 is 0 Å². The number of aryl methyl sites for hydroxylation is 1. The van der Waals surface area contributed by atoms with Crippen molar-refractivity contribution in [3.8, 4) is 11.4 Å². The van der Waals surface area contributed by atoms with E-state index in [4.69, 9.17) is 4.52 Å². The quantitative estimate of drug-likeness (QED) is 0.506. The van der Waals surface area contributed by atoms with E-state index in [2.05, 4.69) is 53.2 Å². The molecule has 1 aliphatic rings. The SMILES string of the molecule is CC(C)c1ccc(-c2noc(CCC(=O)N3CCc4[nH]c5ccccc5c4C3)n2)cc1. The van der Waals surface area contributed by atoms with Gasteiger partial charge in [-0.2, -0.15) is 4.98 Å². The Bertz CT molecular complexity index is 1220. The number of rotatable bonds is 5. The first-order valence-electron chi connectivity index (χ1n) is 10.9. The number of para-hydroxylation sites is 1. The molecule has 0 radical (unpaired) electrons. The predicted molar refractivity (Wildman–Crippen MR) is 120 cm³/mol. The van der Waals surface area contributed by atoms with E-state index in [1.807, 2.05) is 29.2 Å². The molecule has 0 atom stereocenters. The molecule has 0 saturated heterocycles. The zero-order valence-corrected chi connectivity index (χ0v) is 17.9. The van der Waals surface area contributed by atoms with E-state index in [-0.39, 0.29) is 5.91 Å². The van der Waals surface area contributed by atoms with E-state index in [1.165, 1.54) is 22.2 Å². The van der Waals surface area contributed by atoms with Gasteiger partial charge in [-0.1, -0.05) is 61.5 Å². The van der Waals surface area contributed by atoms with Crippen molar-refractivity contribution < 1.29 is 9.32 Å². The van der Waals surface area contributed by atoms with Crippen molar-refractivity contribution in [2.24, 2.45) is 0 Å². The summed E-state index contributed by atoms with van der Waals surface area (Å²) in [6.07, 6.45) is 1.67. The molecule has 1 aliphatic heterocycles. The molecule has 3 heterocycles. The van der Waals surface area contributed by atoms with Gasteiger partial charge < -0.3 is 14.4 Å². The molecular weight excluding hydrogens is 388 g/mol. The van der Waals surface area contributed by atoms with Gasteiger partial charge in [-0.15, -0.1) is 0 Å². The van der Waals surface area contributed by atoms with Crippen molar-refractivity contribution in [2.45, 2.75) is 45.6 Å². The van der Waals surface area contributed by atoms with Crippen LogP contribution in [0.4, 0.5) is 0 Å². The fourth-order valence-corrected chi connectivity index (χ4v) is 4.24. The summed E-state index contributed by atoms with van der Waals surface area (Å²) in [5.74, 6) is 1.67. The van der Waals surface area contributed by atoms with E-state index in [1.54, 1.807) is 0 Å². The van der Waals surface area contributed by atoms with Crippen molar-refractivity contribution in [1.29, 1.82) is 0 Å². The topological polar surface area (TPSA) is 75.0 Å². The van der Waals surface area contributed by atoms with Crippen LogP contribution in [0.2, 0.25) is 0 Å². The molecule has 0 bridgehead atoms. The fraction of sp³-hybridized carbons (Fsp3) is 0.320. The average molecular weight is 415 g/mol. The van der Waals surface area contributed by atoms with Gasteiger partial charge in [0.15, 0.2) is 0 Å². The highest BCUT2D eigenvalue weighted by molar-refractivity contribution is 5.86. The summed E-state index contributed by atoms with van der Waals surface area (Å²) in [6.45, 7) is 5.71. The van der Waals surface area contributed by atoms with E-state index in [9.17, 15) is 4.79 Å². The molecule has 5 rings (SSSR count). The van der Waals surface area contributed by atoms with E-state index in [0.717, 1.165) is 24.0 Å². The lowest BCUT2D eigenvalue weighted by Gasteiger charge is -2.27. The van der Waals surface area contributed by atoms with Gasteiger partial charge in [-0.05, 0) is 17.5 Å². The molecule has 0 aliphatic carbocycles. The van der Waals surface area contributed by atoms with Crippen LogP contribution in [-0.4, -0.2) is 32.5 Å². The third kappa shape index (κ3) is 3.85. The van der Waals surface area contributed by atoms with Crippen molar-refractivity contribution in [2.75, 3.05) is 6.54 Å². The van der Waals surface area contributed by atoms with Gasteiger partial charge in [0.25, 0.3) is 0 Å². The van der Waals surface area contributed by atoms with Crippen LogP contribution in [0.25, 0.3) is 22.3 Å². The molecular formula is C25H26N4O2. The number of carbonyl (C=O) groups excluding carboxylic acids is 1. The molecule has 6 heteroatoms. The van der Waals surface area contributed by atoms with Crippen LogP contribution < -0.4 is 0 Å². The highest BCUT2D eigenvalue weighted by Crippen LogP contribution is 2.28. The molecule has 0 unspecified atom stereocenters. The Hall–Kier alpha value is -3.41. The van der Waals surface area contributed by atoms with Crippen molar-refractivity contribution in [1.82, 2.24) is 20.0 Å². The molecule has 1 amide bonds. The summed E-state index contributed by atoms with van der Waals surface area (Å²) >= 11 is 0. The second kappa shape index (κ2) is 8.02. The van der Waals surface area contributed by atoms with Crippen molar-refractivity contribution >= 4 is 16.8 Å². The first kappa shape index (κ1) is 19.5. The van der Waals surface area contributed by atoms with Gasteiger partial charge in [0.1, 0.15) is 0 Å². The van der Waals surface area contributed by atoms with Crippen LogP contribution in [0, 0.1) is 0 Å². The first-order valence-corrected chi connectivity index (χ1v) is 10.9. The molecule has 0 spiro atoms. The van der Waals surface area contributed by atoms with Crippen LogP contribution in [0.1, 0.15) is 48.9 Å². The average Bonchev–Trinajstić information content (AvgIpc) is 3.42. The lowest BCUT2D eigenvalue weighted by molar-refractivity contribution is -0.132. The van der Waals surface area contributed by atoms with Crippen LogP contribution in [0.15, 0.2) is 53.1 Å². The molecule has 0 saturated carbocycles. The number of fused-ring (bicyclic) bond motifs is 3. The Kier molecular flexibility index (Phi) is 5.06. The summed E-state index contributed by atoms with van der Waals surface area (Å²) < 4.78 is 5.40. The maximum absolute atomic E-state index is 12.8. The van der Waals surface area contributed by atoms with Crippen molar-refractivity contribution in [3.63, 3.8) is 0 Å². The third-order valence-corrected chi connectivity index (χ3v) is 6.09. The smallest absolute Gasteiger partial charge is 0.227 e. The van der Waals surface area contributed by atoms with Gasteiger partial charge in [0.2, 0.25) is 17.6 Å². The second-order valence-electron chi connectivity index (χ2n) is 8.48. The molecule has 4 aromatic rings. The minimum Gasteiger partial charge on any atom is -0.358 e. The summed E-state index contributed by atoms with van der Waals surface area (Å²) in [7, 11) is 0. The summed E-state index contributed by atoms with van der Waals surface area (Å²) in [5.41, 5.74) is 5.82. The summed E-state index contributed by atoms with van der Waals surface area (Å²) in [4.78, 5) is 22.8. The van der Waals surface area contributed by atoms with Gasteiger partial charge in [0, 0.05) is 60.1 Å². The molecule has 31 heavy (non-hydrogen) atoms. The number of benzene rings is 2. The zero-order valence-electron chi connectivity index (χ0n) is 17.9. The highest BCUT2D eigenvalue weighted by Gasteiger charge is 2.24. The van der Waals surface area contributed by atoms with Gasteiger partial charge in [0.05, 0.1) is 0 Å². The summed E-state index contributed by atoms with van der Waals surface area (Å²) in [5, 5.41) is 5.30. The lowest BCUT2D eigenvalue weighted by Crippen LogP contribution is -2.35. The maximum atomic E-state index is 12.8. The minimum absolute atomic E-state index is 0.122. The third-order valence-electron chi connectivity index (χ3n) is 6.09. The number of carbonyl (C=O) groups is 1. The maximum Gasteiger partial charge on any atom is 0.227 e.